The molecule has 0 atom stereocenters. The van der Waals surface area contributed by atoms with Crippen molar-refractivity contribution in [2.75, 3.05) is 0 Å². The van der Waals surface area contributed by atoms with Crippen molar-refractivity contribution in [2.45, 2.75) is 261 Å². The first-order valence-electron chi connectivity index (χ1n) is 36.5. The third-order valence-electron chi connectivity index (χ3n) is 19.2. The molecule has 9 aromatic rings. The van der Waals surface area contributed by atoms with Crippen LogP contribution in [0.3, 0.4) is 0 Å². The van der Waals surface area contributed by atoms with Crippen molar-refractivity contribution in [1.82, 2.24) is 9.97 Å². The van der Waals surface area contributed by atoms with Crippen LogP contribution in [-0.4, -0.2) is 33.1 Å². The summed E-state index contributed by atoms with van der Waals surface area (Å²) in [6.45, 7) is 17.2. The second-order valence-electron chi connectivity index (χ2n) is 29.0. The van der Waals surface area contributed by atoms with Gasteiger partial charge in [0.05, 0.1) is 41.3 Å². The van der Waals surface area contributed by atoms with Gasteiger partial charge in [-0.05, 0) is 157 Å². The van der Waals surface area contributed by atoms with Gasteiger partial charge in [0.1, 0.15) is 10.0 Å². The highest BCUT2D eigenvalue weighted by atomic mass is 32.1. The van der Waals surface area contributed by atoms with E-state index in [1.807, 2.05) is 85.2 Å². The first-order valence-corrected chi connectivity index (χ1v) is 43.0. The van der Waals surface area contributed by atoms with Crippen molar-refractivity contribution in [3.63, 3.8) is 0 Å². The number of hydrogen-bond donors (Lipinski definition) is 0. The van der Waals surface area contributed by atoms with Gasteiger partial charge in [-0.2, -0.15) is 0 Å². The van der Waals surface area contributed by atoms with Gasteiger partial charge in [0.25, 0.3) is 0 Å². The fourth-order valence-electron chi connectivity index (χ4n) is 14.0. The number of carbonyl (C=O) groups is 4. The summed E-state index contributed by atoms with van der Waals surface area (Å²) in [5, 5.41) is 2.13. The van der Waals surface area contributed by atoms with E-state index in [2.05, 4.69) is 88.4 Å². The smallest absolute Gasteiger partial charge is 0.167 e. The summed E-state index contributed by atoms with van der Waals surface area (Å²) in [5.41, 5.74) is 7.64. The quantitative estimate of drug-likeness (QED) is 0.0221. The molecule has 1 aromatic carbocycles. The van der Waals surface area contributed by atoms with Gasteiger partial charge in [-0.15, -0.1) is 90.7 Å². The van der Waals surface area contributed by atoms with Gasteiger partial charge in [-0.25, -0.2) is 9.97 Å². The predicted molar refractivity (Wildman–Crippen MR) is 423 cm³/mol. The van der Waals surface area contributed by atoms with Gasteiger partial charge in [0.2, 0.25) is 0 Å². The number of ketones is 4. The predicted octanol–water partition coefficient (Wildman–Crippen LogP) is 27.6. The van der Waals surface area contributed by atoms with Crippen molar-refractivity contribution < 1.29 is 19.2 Å². The molecule has 8 heterocycles. The number of unbranched alkanes of at least 4 members (excludes halogenated alkanes) is 20. The summed E-state index contributed by atoms with van der Waals surface area (Å²) in [6, 6.07) is 23.3. The van der Waals surface area contributed by atoms with Crippen LogP contribution in [0.1, 0.15) is 267 Å². The van der Waals surface area contributed by atoms with Crippen LogP contribution in [0.15, 0.2) is 71.8 Å². The number of thiophene rings is 6. The van der Waals surface area contributed by atoms with Gasteiger partial charge in [0, 0.05) is 74.5 Å². The van der Waals surface area contributed by atoms with Crippen molar-refractivity contribution in [2.24, 2.45) is 10.8 Å². The molecule has 2 saturated carbocycles. The molecule has 2 aliphatic carbocycles. The molecule has 0 unspecified atom stereocenters. The Morgan fingerprint density at radius 3 is 0.948 bits per heavy atom. The number of Topliss-reactive ketones (excluding diaryl/α,β-unsaturated/α-hetero) is 4. The monoisotopic (exact) mass is 1430 g/mol. The molecule has 2 aliphatic rings. The van der Waals surface area contributed by atoms with Crippen molar-refractivity contribution in [3.8, 4) is 58.8 Å². The summed E-state index contributed by atoms with van der Waals surface area (Å²) in [6.07, 6.45) is 39.4. The van der Waals surface area contributed by atoms with Crippen LogP contribution in [0.2, 0.25) is 0 Å². The molecule has 0 radical (unpaired) electrons. The molecule has 96 heavy (non-hydrogen) atoms. The van der Waals surface area contributed by atoms with Crippen LogP contribution in [0, 0.1) is 10.8 Å². The van der Waals surface area contributed by atoms with E-state index in [4.69, 9.17) is 9.97 Å². The first kappa shape index (κ1) is 72.6. The third kappa shape index (κ3) is 18.7. The van der Waals surface area contributed by atoms with Gasteiger partial charge in [0.15, 0.2) is 23.1 Å². The molecule has 6 nitrogen and oxygen atoms in total. The second-order valence-corrected chi connectivity index (χ2v) is 37.5. The maximum atomic E-state index is 13.4. The highest BCUT2D eigenvalue weighted by Gasteiger charge is 2.37. The molecular formula is C82H100N2O4S8. The highest BCUT2D eigenvalue weighted by molar-refractivity contribution is 7.31. The lowest BCUT2D eigenvalue weighted by Gasteiger charge is -2.28. The van der Waals surface area contributed by atoms with Crippen LogP contribution >= 0.6 is 90.7 Å². The molecule has 8 aromatic heterocycles. The number of hydrogen-bond acceptors (Lipinski definition) is 14. The Kier molecular flexibility index (Phi) is 25.8. The highest BCUT2D eigenvalue weighted by Crippen LogP contribution is 2.51. The Morgan fingerprint density at radius 2 is 0.625 bits per heavy atom. The molecule has 510 valence electrons. The Balaban J connectivity index is 0.874. The van der Waals surface area contributed by atoms with Crippen molar-refractivity contribution in [1.29, 1.82) is 0 Å². The third-order valence-corrected chi connectivity index (χ3v) is 29.1. The lowest BCUT2D eigenvalue weighted by Crippen LogP contribution is -2.31. The zero-order valence-corrected chi connectivity index (χ0v) is 64.9. The van der Waals surface area contributed by atoms with Gasteiger partial charge in [-0.3, -0.25) is 19.2 Å². The Hall–Kier alpha value is -4.64. The van der Waals surface area contributed by atoms with Crippen LogP contribution in [0.5, 0.6) is 0 Å². The summed E-state index contributed by atoms with van der Waals surface area (Å²) < 4.78 is 2.37. The number of nitrogens with zero attached hydrogens (tertiary/aromatic N) is 2. The van der Waals surface area contributed by atoms with E-state index in [0.717, 1.165) is 69.3 Å². The Morgan fingerprint density at radius 1 is 0.333 bits per heavy atom. The van der Waals surface area contributed by atoms with Crippen LogP contribution < -0.4 is 0 Å². The van der Waals surface area contributed by atoms with E-state index in [-0.39, 0.29) is 34.0 Å². The van der Waals surface area contributed by atoms with Crippen LogP contribution in [0.4, 0.5) is 0 Å². The molecule has 0 N–H and O–H groups in total. The molecule has 11 rings (SSSR count). The van der Waals surface area contributed by atoms with E-state index in [0.29, 0.717) is 36.8 Å². The van der Waals surface area contributed by atoms with Gasteiger partial charge in [-0.1, -0.05) is 184 Å². The maximum Gasteiger partial charge on any atom is 0.167 e. The summed E-state index contributed by atoms with van der Waals surface area (Å²) in [7, 11) is 0. The lowest BCUT2D eigenvalue weighted by atomic mass is 9.74. The van der Waals surface area contributed by atoms with Crippen LogP contribution in [-0.2, 0) is 44.9 Å². The van der Waals surface area contributed by atoms with E-state index >= 15 is 0 Å². The fourth-order valence-corrected chi connectivity index (χ4v) is 23.4. The Labute approximate surface area is 604 Å². The SMILES string of the molecule is CCCCCCCCc1cc(C=C2C(=O)CC(C)(C)CC2=O)sc1-c1ccc(-c2sc(-c3nc4cc5nc(-c6cc(CCCCCCCC)c(-c7ccc(-c8sc(C=C9C(=O)CC(C)(C)CC9=O)cc8CCCCCCCC)s7)s6)sc5cc4s3)cc2CCCCCCCC)s1. The van der Waals surface area contributed by atoms with E-state index < -0.39 is 0 Å². The number of rotatable bonds is 36. The molecule has 2 fully saturated rings. The number of allylic oxidation sites excluding steroid dienone is 2. The van der Waals surface area contributed by atoms with E-state index in [1.54, 1.807) is 45.3 Å². The number of carbonyl (C=O) groups excluding carboxylic acids is 4. The summed E-state index contributed by atoms with van der Waals surface area (Å²) in [5.74, 6) is -0.105. The average Bonchev–Trinajstić information content (AvgIpc) is 1.64. The zero-order chi connectivity index (χ0) is 67.3. The summed E-state index contributed by atoms with van der Waals surface area (Å²) >= 11 is 14.6. The minimum Gasteiger partial charge on any atom is -0.294 e. The average molecular weight is 1430 g/mol. The van der Waals surface area contributed by atoms with E-state index in [9.17, 15) is 19.2 Å². The molecule has 0 amide bonds. The molecule has 14 heteroatoms. The van der Waals surface area contributed by atoms with Gasteiger partial charge < -0.3 is 0 Å². The van der Waals surface area contributed by atoms with Crippen LogP contribution in [0.25, 0.3) is 91.4 Å². The number of thiazole rings is 2. The number of benzene rings is 1. The number of aryl methyl sites for hydroxylation is 4. The normalized spacial score (nSPS) is 15.0. The lowest BCUT2D eigenvalue weighted by molar-refractivity contribution is -0.128. The minimum atomic E-state index is -0.295. The standard InChI is InChI=1S/C82H100N2O4S8/c1-9-13-17-21-25-29-33-53-41-57(45-59-63(85)49-81(5,6)50-64(59)86)89-75(53)67-37-39-69(91-67)77-55(35-31-27-23-19-15-11-3)43-73(93-77)79-83-61-47-62-72(48-71(61)95-79)96-80(84-62)74-44-56(36-32-28-24-20-16-12-4)78(94-74)70-40-38-68(92-70)76-54(34-30-26-22-18-14-10-2)42-58(90-76)46-60-65(87)51-82(7,8)52-66(60)88/h37-48H,9-36,49-52H2,1-8H3. The Bertz CT molecular complexity index is 3850. The maximum absolute atomic E-state index is 13.4. The number of fused-ring (bicyclic) bond motifs is 2. The summed E-state index contributed by atoms with van der Waals surface area (Å²) in [4.78, 5) is 79.2. The molecule has 0 aliphatic heterocycles. The molecule has 0 bridgehead atoms. The topological polar surface area (TPSA) is 94.1 Å². The number of aromatic nitrogens is 2. The van der Waals surface area contributed by atoms with E-state index in [1.165, 1.54) is 222 Å². The fraction of sp³-hybridized carbons (Fsp3) is 0.512. The zero-order valence-electron chi connectivity index (χ0n) is 58.3. The largest absolute Gasteiger partial charge is 0.294 e. The van der Waals surface area contributed by atoms with Gasteiger partial charge >= 0.3 is 0 Å². The minimum absolute atomic E-state index is 0.0263. The second kappa shape index (κ2) is 34.1. The molecular weight excluding hydrogens is 1330 g/mol. The van der Waals surface area contributed by atoms with Crippen molar-refractivity contribution >= 4 is 146 Å². The molecule has 0 spiro atoms. The first-order chi connectivity index (χ1) is 46.5. The van der Waals surface area contributed by atoms with Crippen molar-refractivity contribution in [3.05, 3.63) is 104 Å². The molecule has 0 saturated heterocycles.